The summed E-state index contributed by atoms with van der Waals surface area (Å²) in [5, 5.41) is 8.86. The SMILES string of the molecule is Clc1ccc(C2=NN=C3CCOC=C32)nc1. The van der Waals surface area contributed by atoms with Gasteiger partial charge in [0, 0.05) is 12.6 Å². The third-order valence-electron chi connectivity index (χ3n) is 2.46. The molecule has 0 radical (unpaired) electrons. The zero-order chi connectivity index (χ0) is 11.0. The molecule has 0 N–H and O–H groups in total. The minimum atomic E-state index is 0.609. The number of nitrogens with zero attached hydrogens (tertiary/aromatic N) is 3. The number of rotatable bonds is 1. The van der Waals surface area contributed by atoms with Crippen LogP contribution in [-0.2, 0) is 4.74 Å². The Labute approximate surface area is 97.3 Å². The molecule has 0 amide bonds. The topological polar surface area (TPSA) is 46.8 Å². The summed E-state index contributed by atoms with van der Waals surface area (Å²) in [4.78, 5) is 4.22. The first-order valence-electron chi connectivity index (χ1n) is 4.93. The van der Waals surface area contributed by atoms with E-state index in [0.717, 1.165) is 29.1 Å². The lowest BCUT2D eigenvalue weighted by atomic mass is 10.0. The van der Waals surface area contributed by atoms with Gasteiger partial charge in [-0.15, -0.1) is 5.10 Å². The normalized spacial score (nSPS) is 18.2. The lowest BCUT2D eigenvalue weighted by molar-refractivity contribution is 0.253. The highest BCUT2D eigenvalue weighted by Crippen LogP contribution is 2.21. The van der Waals surface area contributed by atoms with Crippen LogP contribution in [0.3, 0.4) is 0 Å². The van der Waals surface area contributed by atoms with Gasteiger partial charge in [0.15, 0.2) is 0 Å². The Bertz CT molecular complexity index is 517. The summed E-state index contributed by atoms with van der Waals surface area (Å²) in [6.45, 7) is 0.666. The summed E-state index contributed by atoms with van der Waals surface area (Å²) >= 11 is 5.79. The van der Waals surface area contributed by atoms with E-state index in [-0.39, 0.29) is 0 Å². The summed E-state index contributed by atoms with van der Waals surface area (Å²) < 4.78 is 5.28. The molecule has 4 nitrogen and oxygen atoms in total. The second kappa shape index (κ2) is 3.72. The summed E-state index contributed by atoms with van der Waals surface area (Å²) in [7, 11) is 0. The van der Waals surface area contributed by atoms with Crippen LogP contribution >= 0.6 is 11.6 Å². The van der Waals surface area contributed by atoms with Crippen molar-refractivity contribution in [1.82, 2.24) is 4.98 Å². The Balaban J connectivity index is 1.98. The largest absolute Gasteiger partial charge is 0.500 e. The molecule has 0 fully saturated rings. The van der Waals surface area contributed by atoms with Crippen molar-refractivity contribution >= 4 is 23.0 Å². The van der Waals surface area contributed by atoms with Crippen molar-refractivity contribution in [2.45, 2.75) is 6.42 Å². The first-order valence-corrected chi connectivity index (χ1v) is 5.31. The Morgan fingerprint density at radius 1 is 1.25 bits per heavy atom. The molecule has 0 spiro atoms. The van der Waals surface area contributed by atoms with Gasteiger partial charge in [-0.05, 0) is 12.1 Å². The highest BCUT2D eigenvalue weighted by molar-refractivity contribution is 6.32. The van der Waals surface area contributed by atoms with Crippen molar-refractivity contribution in [2.24, 2.45) is 10.2 Å². The number of halogens is 1. The van der Waals surface area contributed by atoms with E-state index in [0.29, 0.717) is 11.6 Å². The molecular weight excluding hydrogens is 226 g/mol. The van der Waals surface area contributed by atoms with Gasteiger partial charge >= 0.3 is 0 Å². The molecule has 5 heteroatoms. The highest BCUT2D eigenvalue weighted by atomic mass is 35.5. The molecule has 0 aromatic carbocycles. The second-order valence-corrected chi connectivity index (χ2v) is 3.95. The summed E-state index contributed by atoms with van der Waals surface area (Å²) in [5.74, 6) is 0. The lowest BCUT2D eigenvalue weighted by Gasteiger charge is -2.11. The van der Waals surface area contributed by atoms with Crippen LogP contribution in [0.25, 0.3) is 0 Å². The van der Waals surface area contributed by atoms with E-state index in [9.17, 15) is 0 Å². The maximum atomic E-state index is 5.79. The third kappa shape index (κ3) is 1.51. The lowest BCUT2D eigenvalue weighted by Crippen LogP contribution is -2.16. The van der Waals surface area contributed by atoms with Crippen LogP contribution in [0.2, 0.25) is 5.02 Å². The van der Waals surface area contributed by atoms with E-state index < -0.39 is 0 Å². The van der Waals surface area contributed by atoms with Crippen LogP contribution in [0.5, 0.6) is 0 Å². The molecule has 2 aliphatic heterocycles. The molecule has 0 saturated carbocycles. The summed E-state index contributed by atoms with van der Waals surface area (Å²) in [5.41, 5.74) is 3.42. The number of allylic oxidation sites excluding steroid dienone is 1. The average Bonchev–Trinajstić information content (AvgIpc) is 2.74. The monoisotopic (exact) mass is 233 g/mol. The smallest absolute Gasteiger partial charge is 0.123 e. The molecule has 16 heavy (non-hydrogen) atoms. The third-order valence-corrected chi connectivity index (χ3v) is 2.69. The van der Waals surface area contributed by atoms with Gasteiger partial charge in [0.1, 0.15) is 5.71 Å². The van der Waals surface area contributed by atoms with Gasteiger partial charge in [-0.3, -0.25) is 4.98 Å². The van der Waals surface area contributed by atoms with Gasteiger partial charge < -0.3 is 4.74 Å². The number of aromatic nitrogens is 1. The molecule has 0 saturated heterocycles. The van der Waals surface area contributed by atoms with Crippen LogP contribution < -0.4 is 0 Å². The van der Waals surface area contributed by atoms with Gasteiger partial charge in [0.2, 0.25) is 0 Å². The van der Waals surface area contributed by atoms with E-state index >= 15 is 0 Å². The van der Waals surface area contributed by atoms with Crippen LogP contribution in [0, 0.1) is 0 Å². The molecular formula is C11H8ClN3O. The molecule has 1 aromatic heterocycles. The van der Waals surface area contributed by atoms with Gasteiger partial charge in [-0.2, -0.15) is 5.10 Å². The number of hydrogen-bond donors (Lipinski definition) is 0. The summed E-state index contributed by atoms with van der Waals surface area (Å²) in [6.07, 6.45) is 4.10. The zero-order valence-corrected chi connectivity index (χ0v) is 9.11. The van der Waals surface area contributed by atoms with E-state index in [2.05, 4.69) is 15.2 Å². The maximum absolute atomic E-state index is 5.79. The number of pyridine rings is 1. The molecule has 0 unspecified atom stereocenters. The standard InChI is InChI=1S/C11H8ClN3O/c12-7-1-2-10(13-5-7)11-8-6-16-4-3-9(8)14-15-11/h1-2,5-6H,3-4H2. The zero-order valence-electron chi connectivity index (χ0n) is 8.35. The predicted molar refractivity (Wildman–Crippen MR) is 61.9 cm³/mol. The Hall–Kier alpha value is -1.68. The fourth-order valence-corrected chi connectivity index (χ4v) is 1.78. The highest BCUT2D eigenvalue weighted by Gasteiger charge is 2.25. The first kappa shape index (κ1) is 9.54. The maximum Gasteiger partial charge on any atom is 0.123 e. The Morgan fingerprint density at radius 2 is 2.19 bits per heavy atom. The predicted octanol–water partition coefficient (Wildman–Crippen LogP) is 2.20. The van der Waals surface area contributed by atoms with Crippen LogP contribution in [0.1, 0.15) is 12.1 Å². The molecule has 3 rings (SSSR count). The molecule has 80 valence electrons. The van der Waals surface area contributed by atoms with Gasteiger partial charge in [0.25, 0.3) is 0 Å². The van der Waals surface area contributed by atoms with Crippen molar-refractivity contribution in [1.29, 1.82) is 0 Å². The second-order valence-electron chi connectivity index (χ2n) is 3.51. The molecule has 0 aliphatic carbocycles. The number of ether oxygens (including phenoxy) is 1. The van der Waals surface area contributed by atoms with Gasteiger partial charge in [-0.25, -0.2) is 0 Å². The van der Waals surface area contributed by atoms with E-state index in [4.69, 9.17) is 16.3 Å². The molecule has 0 atom stereocenters. The quantitative estimate of drug-likeness (QED) is 0.747. The molecule has 1 aromatic rings. The minimum Gasteiger partial charge on any atom is -0.500 e. The van der Waals surface area contributed by atoms with Crippen molar-refractivity contribution in [3.63, 3.8) is 0 Å². The van der Waals surface area contributed by atoms with Gasteiger partial charge in [-0.1, -0.05) is 11.6 Å². The minimum absolute atomic E-state index is 0.609. The van der Waals surface area contributed by atoms with Crippen LogP contribution in [-0.4, -0.2) is 23.0 Å². The van der Waals surface area contributed by atoms with Crippen LogP contribution in [0.4, 0.5) is 0 Å². The van der Waals surface area contributed by atoms with Crippen molar-refractivity contribution < 1.29 is 4.74 Å². The Morgan fingerprint density at radius 3 is 3.00 bits per heavy atom. The van der Waals surface area contributed by atoms with Gasteiger partial charge in [0.05, 0.1) is 34.9 Å². The molecule has 2 aliphatic rings. The average molecular weight is 234 g/mol. The van der Waals surface area contributed by atoms with Crippen molar-refractivity contribution in [3.8, 4) is 0 Å². The number of fused-ring (bicyclic) bond motifs is 1. The van der Waals surface area contributed by atoms with Crippen molar-refractivity contribution in [2.75, 3.05) is 6.61 Å². The molecule has 0 bridgehead atoms. The van der Waals surface area contributed by atoms with E-state index in [1.165, 1.54) is 0 Å². The fraction of sp³-hybridized carbons (Fsp3) is 0.182. The van der Waals surface area contributed by atoms with E-state index in [1.54, 1.807) is 18.5 Å². The van der Waals surface area contributed by atoms with Crippen LogP contribution in [0.15, 0.2) is 40.4 Å². The fourth-order valence-electron chi connectivity index (χ4n) is 1.67. The first-order chi connectivity index (χ1) is 7.84. The Kier molecular flexibility index (Phi) is 2.22. The van der Waals surface area contributed by atoms with Crippen molar-refractivity contribution in [3.05, 3.63) is 40.9 Å². The van der Waals surface area contributed by atoms with E-state index in [1.807, 2.05) is 6.07 Å². The summed E-state index contributed by atoms with van der Waals surface area (Å²) in [6, 6.07) is 3.61. The molecule has 3 heterocycles. The number of hydrogen-bond acceptors (Lipinski definition) is 4.